The van der Waals surface area contributed by atoms with Crippen LogP contribution in [0.5, 0.6) is 0 Å². The quantitative estimate of drug-likeness (QED) is 0.805. The molecule has 0 N–H and O–H groups in total. The molecule has 7 nitrogen and oxygen atoms in total. The maximum absolute atomic E-state index is 12.6. The lowest BCUT2D eigenvalue weighted by Gasteiger charge is -2.46. The number of likely N-dealkylation sites (tertiary alicyclic amines) is 1. The maximum atomic E-state index is 12.6. The average Bonchev–Trinajstić information content (AvgIpc) is 3.30. The molecule has 0 aliphatic carbocycles. The van der Waals surface area contributed by atoms with E-state index in [2.05, 4.69) is 14.9 Å². The zero-order chi connectivity index (χ0) is 17.4. The van der Waals surface area contributed by atoms with Gasteiger partial charge in [-0.1, -0.05) is 0 Å². The average molecular weight is 357 g/mol. The van der Waals surface area contributed by atoms with E-state index in [0.29, 0.717) is 31.9 Å². The monoisotopic (exact) mass is 357 g/mol. The highest BCUT2D eigenvalue weighted by atomic mass is 32.1. The normalized spacial score (nSPS) is 24.3. The second-order valence-corrected chi connectivity index (χ2v) is 7.34. The Morgan fingerprint density at radius 3 is 2.96 bits per heavy atom. The highest BCUT2D eigenvalue weighted by molar-refractivity contribution is 7.07. The zero-order valence-corrected chi connectivity index (χ0v) is 14.8. The minimum Gasteiger partial charge on any atom is -0.335 e. The highest BCUT2D eigenvalue weighted by Crippen LogP contribution is 2.33. The maximum Gasteiger partial charge on any atom is 0.273 e. The van der Waals surface area contributed by atoms with Crippen LogP contribution in [-0.4, -0.2) is 70.3 Å². The van der Waals surface area contributed by atoms with Crippen LogP contribution in [-0.2, 0) is 4.79 Å². The highest BCUT2D eigenvalue weighted by Gasteiger charge is 2.48. The van der Waals surface area contributed by atoms with Crippen LogP contribution in [0, 0.1) is 0 Å². The molecule has 0 aromatic carbocycles. The van der Waals surface area contributed by atoms with Crippen molar-refractivity contribution >= 4 is 28.8 Å². The smallest absolute Gasteiger partial charge is 0.273 e. The molecule has 8 heteroatoms. The number of hydrogen-bond donors (Lipinski definition) is 0. The summed E-state index contributed by atoms with van der Waals surface area (Å²) in [5, 5.41) is 1.78. The minimum atomic E-state index is -0.227. The largest absolute Gasteiger partial charge is 0.335 e. The van der Waals surface area contributed by atoms with Crippen molar-refractivity contribution < 1.29 is 9.59 Å². The Balaban J connectivity index is 1.56. The first-order valence-corrected chi connectivity index (χ1v) is 9.12. The van der Waals surface area contributed by atoms with Crippen molar-refractivity contribution in [3.8, 4) is 0 Å². The molecule has 0 bridgehead atoms. The van der Waals surface area contributed by atoms with Crippen LogP contribution in [0.3, 0.4) is 0 Å². The molecule has 1 spiro atoms. The first kappa shape index (κ1) is 16.2. The number of carbonyl (C=O) groups excluding carboxylic acids is 2. The van der Waals surface area contributed by atoms with Crippen molar-refractivity contribution in [3.63, 3.8) is 0 Å². The first-order chi connectivity index (χ1) is 12.1. The van der Waals surface area contributed by atoms with Gasteiger partial charge in [-0.15, -0.1) is 11.3 Å². The number of nitrogens with zero attached hydrogens (tertiary/aromatic N) is 5. The van der Waals surface area contributed by atoms with Gasteiger partial charge < -0.3 is 9.80 Å². The summed E-state index contributed by atoms with van der Waals surface area (Å²) in [7, 11) is 1.97. The lowest BCUT2D eigenvalue weighted by Crippen LogP contribution is -2.64. The van der Waals surface area contributed by atoms with Crippen molar-refractivity contribution in [2.75, 3.05) is 38.1 Å². The van der Waals surface area contributed by atoms with E-state index >= 15 is 0 Å². The predicted octanol–water partition coefficient (Wildman–Crippen LogP) is 1.10. The van der Waals surface area contributed by atoms with Gasteiger partial charge in [-0.05, 0) is 25.6 Å². The molecule has 4 rings (SSSR count). The lowest BCUT2D eigenvalue weighted by molar-refractivity contribution is -0.123. The molecule has 2 aliphatic rings. The van der Waals surface area contributed by atoms with Crippen LogP contribution in [0.1, 0.15) is 16.9 Å². The second-order valence-electron chi connectivity index (χ2n) is 6.62. The molecule has 0 saturated carbocycles. The third-order valence-corrected chi connectivity index (χ3v) is 5.75. The Bertz CT molecular complexity index is 782. The molecular weight excluding hydrogens is 338 g/mol. The standard InChI is InChI=1S/C17H19N5O2S/c1-20-8-15(23)22(13-3-2-5-18-7-13)11-17(20)4-6-21(10-17)16(24)14-9-25-12-19-14/h2-3,5,7,9,12H,4,6,8,10-11H2,1H3/t17-/m1/s1. The number of hydrogen-bond acceptors (Lipinski definition) is 6. The Hall–Kier alpha value is -2.32. The van der Waals surface area contributed by atoms with E-state index in [1.807, 2.05) is 24.1 Å². The van der Waals surface area contributed by atoms with Crippen LogP contribution in [0.4, 0.5) is 5.69 Å². The molecular formula is C17H19N5O2S. The minimum absolute atomic E-state index is 0.0312. The number of carbonyl (C=O) groups is 2. The van der Waals surface area contributed by atoms with Crippen molar-refractivity contribution in [2.45, 2.75) is 12.0 Å². The van der Waals surface area contributed by atoms with E-state index < -0.39 is 0 Å². The van der Waals surface area contributed by atoms with Gasteiger partial charge in [0.15, 0.2) is 0 Å². The van der Waals surface area contributed by atoms with Crippen molar-refractivity contribution in [1.29, 1.82) is 0 Å². The van der Waals surface area contributed by atoms with Gasteiger partial charge in [-0.3, -0.25) is 19.5 Å². The Labute approximate surface area is 149 Å². The fourth-order valence-corrected chi connectivity index (χ4v) is 4.18. The number of amides is 2. The third-order valence-electron chi connectivity index (χ3n) is 5.16. The molecule has 130 valence electrons. The number of pyridine rings is 1. The lowest BCUT2D eigenvalue weighted by atomic mass is 9.92. The summed E-state index contributed by atoms with van der Waals surface area (Å²) in [6.45, 7) is 2.18. The number of rotatable bonds is 2. The van der Waals surface area contributed by atoms with Gasteiger partial charge in [0.2, 0.25) is 5.91 Å². The predicted molar refractivity (Wildman–Crippen MR) is 94.6 cm³/mol. The summed E-state index contributed by atoms with van der Waals surface area (Å²) < 4.78 is 0. The van der Waals surface area contributed by atoms with E-state index in [1.165, 1.54) is 11.3 Å². The molecule has 2 aromatic rings. The first-order valence-electron chi connectivity index (χ1n) is 8.18. The number of aromatic nitrogens is 2. The van der Waals surface area contributed by atoms with Crippen LogP contribution >= 0.6 is 11.3 Å². The van der Waals surface area contributed by atoms with E-state index in [1.54, 1.807) is 28.2 Å². The zero-order valence-electron chi connectivity index (χ0n) is 14.0. The van der Waals surface area contributed by atoms with Gasteiger partial charge in [0.05, 0.1) is 29.5 Å². The van der Waals surface area contributed by atoms with E-state index in [9.17, 15) is 9.59 Å². The van der Waals surface area contributed by atoms with Gasteiger partial charge in [0.25, 0.3) is 5.91 Å². The summed E-state index contributed by atoms with van der Waals surface area (Å²) in [6.07, 6.45) is 4.25. The summed E-state index contributed by atoms with van der Waals surface area (Å²) in [4.78, 5) is 39.1. The summed E-state index contributed by atoms with van der Waals surface area (Å²) in [5.41, 5.74) is 2.76. The van der Waals surface area contributed by atoms with Crippen LogP contribution in [0.2, 0.25) is 0 Å². The molecule has 1 atom stereocenters. The SMILES string of the molecule is CN1CC(=O)N(c2cccnc2)C[C@]12CCN(C(=O)c1cscn1)C2. The fourth-order valence-electron chi connectivity index (χ4n) is 3.66. The van der Waals surface area contributed by atoms with Gasteiger partial charge in [0, 0.05) is 31.2 Å². The molecule has 0 radical (unpaired) electrons. The van der Waals surface area contributed by atoms with E-state index in [4.69, 9.17) is 0 Å². The van der Waals surface area contributed by atoms with Gasteiger partial charge in [-0.25, -0.2) is 4.98 Å². The van der Waals surface area contributed by atoms with E-state index in [-0.39, 0.29) is 17.4 Å². The summed E-state index contributed by atoms with van der Waals surface area (Å²) in [5.74, 6) is 0.0294. The summed E-state index contributed by atoms with van der Waals surface area (Å²) >= 11 is 1.42. The van der Waals surface area contributed by atoms with Gasteiger partial charge >= 0.3 is 0 Å². The Morgan fingerprint density at radius 2 is 2.24 bits per heavy atom. The Kier molecular flexibility index (Phi) is 4.01. The number of piperazine rings is 1. The van der Waals surface area contributed by atoms with Crippen LogP contribution in [0.15, 0.2) is 35.4 Å². The fraction of sp³-hybridized carbons (Fsp3) is 0.412. The van der Waals surface area contributed by atoms with Gasteiger partial charge in [0.1, 0.15) is 5.69 Å². The molecule has 2 amide bonds. The molecule has 2 aliphatic heterocycles. The third kappa shape index (κ3) is 2.81. The Morgan fingerprint density at radius 1 is 1.36 bits per heavy atom. The summed E-state index contributed by atoms with van der Waals surface area (Å²) in [6, 6.07) is 3.73. The molecule has 4 heterocycles. The van der Waals surface area contributed by atoms with Crippen molar-refractivity contribution in [1.82, 2.24) is 19.8 Å². The van der Waals surface area contributed by atoms with E-state index in [0.717, 1.165) is 12.1 Å². The molecule has 0 unspecified atom stereocenters. The number of thiazole rings is 1. The van der Waals surface area contributed by atoms with Crippen molar-refractivity contribution in [2.24, 2.45) is 0 Å². The number of likely N-dealkylation sites (N-methyl/N-ethyl adjacent to an activating group) is 1. The molecule has 2 aromatic heterocycles. The molecule has 25 heavy (non-hydrogen) atoms. The van der Waals surface area contributed by atoms with Crippen LogP contribution < -0.4 is 4.90 Å². The topological polar surface area (TPSA) is 69.6 Å². The van der Waals surface area contributed by atoms with Crippen molar-refractivity contribution in [3.05, 3.63) is 41.1 Å². The van der Waals surface area contributed by atoms with Gasteiger partial charge in [-0.2, -0.15) is 0 Å². The molecule has 2 saturated heterocycles. The van der Waals surface area contributed by atoms with Crippen LogP contribution in [0.25, 0.3) is 0 Å². The molecule has 2 fully saturated rings. The number of anilines is 1. The second kappa shape index (κ2) is 6.20.